The highest BCUT2D eigenvalue weighted by atomic mass is 32.1. The number of carbonyl (C=O) groups excluding carboxylic acids is 1. The first kappa shape index (κ1) is 20.7. The number of carbonyl (C=O) groups is 1. The zero-order valence-electron chi connectivity index (χ0n) is 16.6. The van der Waals surface area contributed by atoms with Crippen LogP contribution in [0.4, 0.5) is 14.6 Å². The molecule has 0 saturated heterocycles. The number of aryl methyl sites for hydroxylation is 3. The summed E-state index contributed by atoms with van der Waals surface area (Å²) in [5.41, 5.74) is 2.15. The molecule has 0 spiro atoms. The van der Waals surface area contributed by atoms with E-state index in [0.29, 0.717) is 0 Å². The molecule has 5 nitrogen and oxygen atoms in total. The van der Waals surface area contributed by atoms with Crippen molar-refractivity contribution >= 4 is 23.1 Å². The Balaban J connectivity index is 1.46. The monoisotopic (exact) mass is 436 g/mol. The number of aromatic nitrogens is 3. The van der Waals surface area contributed by atoms with Crippen LogP contribution in [0, 0.1) is 18.6 Å². The first-order valence-corrected chi connectivity index (χ1v) is 10.4. The summed E-state index contributed by atoms with van der Waals surface area (Å²) in [6, 6.07) is 10.6. The van der Waals surface area contributed by atoms with E-state index in [9.17, 15) is 13.6 Å². The number of nitrogens with one attached hydrogen (secondary N) is 1. The Morgan fingerprint density at radius 1 is 1.03 bits per heavy atom. The fraction of sp³-hybridized carbons (Fsp3) is 0.130. The number of nitrogens with zero attached hydrogens (tertiary/aromatic N) is 3. The van der Waals surface area contributed by atoms with Crippen LogP contribution in [0.25, 0.3) is 11.3 Å². The third-order valence-electron chi connectivity index (χ3n) is 4.66. The van der Waals surface area contributed by atoms with Crippen LogP contribution in [0.2, 0.25) is 0 Å². The van der Waals surface area contributed by atoms with Gasteiger partial charge in [-0.25, -0.2) is 18.7 Å². The quantitative estimate of drug-likeness (QED) is 0.450. The van der Waals surface area contributed by atoms with Crippen LogP contribution in [-0.4, -0.2) is 20.9 Å². The van der Waals surface area contributed by atoms with Gasteiger partial charge in [-0.2, -0.15) is 0 Å². The van der Waals surface area contributed by atoms with Crippen LogP contribution in [0.3, 0.4) is 0 Å². The molecule has 1 aromatic carbocycles. The van der Waals surface area contributed by atoms with Gasteiger partial charge in [0.15, 0.2) is 0 Å². The first-order valence-electron chi connectivity index (χ1n) is 9.58. The summed E-state index contributed by atoms with van der Waals surface area (Å²) in [4.78, 5) is 26.3. The van der Waals surface area contributed by atoms with E-state index in [4.69, 9.17) is 4.98 Å². The van der Waals surface area contributed by atoms with Crippen LogP contribution in [0.5, 0.6) is 0 Å². The molecule has 0 aliphatic heterocycles. The Kier molecular flexibility index (Phi) is 6.08. The molecule has 3 aromatic heterocycles. The van der Waals surface area contributed by atoms with Crippen molar-refractivity contribution in [2.24, 2.45) is 0 Å². The minimum atomic E-state index is -0.925. The Labute approximate surface area is 181 Å². The third kappa shape index (κ3) is 4.80. The summed E-state index contributed by atoms with van der Waals surface area (Å²) in [5.74, 6) is -2.54. The SMILES string of the molecule is Cc1sc(CCc2cccnc2)nc1-c1ccc(NC(=O)c2c(F)cccc2F)nc1. The van der Waals surface area contributed by atoms with Gasteiger partial charge in [-0.1, -0.05) is 12.1 Å². The summed E-state index contributed by atoms with van der Waals surface area (Å²) in [6.45, 7) is 2.00. The largest absolute Gasteiger partial charge is 0.306 e. The summed E-state index contributed by atoms with van der Waals surface area (Å²) in [7, 11) is 0. The number of anilines is 1. The van der Waals surface area contributed by atoms with Gasteiger partial charge in [0, 0.05) is 35.5 Å². The second-order valence-corrected chi connectivity index (χ2v) is 8.14. The molecule has 0 bridgehead atoms. The number of rotatable bonds is 6. The predicted octanol–water partition coefficient (Wildman–Crippen LogP) is 5.22. The van der Waals surface area contributed by atoms with Gasteiger partial charge in [-0.3, -0.25) is 9.78 Å². The molecule has 0 unspecified atom stereocenters. The standard InChI is InChI=1S/C23H18F2N4OS/c1-14-22(29-20(31-14)10-7-15-4-3-11-26-12-15)16-8-9-19(27-13-16)28-23(30)21-17(24)5-2-6-18(21)25/h2-6,8-9,11-13H,7,10H2,1H3,(H,27,28,30). The molecule has 4 aromatic rings. The van der Waals surface area contributed by atoms with Gasteiger partial charge in [0.25, 0.3) is 5.91 Å². The molecule has 0 aliphatic carbocycles. The molecule has 4 rings (SSSR count). The molecule has 3 heterocycles. The van der Waals surface area contributed by atoms with E-state index < -0.39 is 23.1 Å². The van der Waals surface area contributed by atoms with Gasteiger partial charge in [0.1, 0.15) is 23.0 Å². The first-order chi connectivity index (χ1) is 15.0. The molecule has 0 radical (unpaired) electrons. The van der Waals surface area contributed by atoms with Gasteiger partial charge >= 0.3 is 0 Å². The van der Waals surface area contributed by atoms with Gasteiger partial charge < -0.3 is 5.32 Å². The van der Waals surface area contributed by atoms with Crippen molar-refractivity contribution in [3.05, 3.63) is 93.7 Å². The lowest BCUT2D eigenvalue weighted by atomic mass is 10.1. The second-order valence-electron chi connectivity index (χ2n) is 6.86. The molecule has 0 fully saturated rings. The number of pyridine rings is 2. The summed E-state index contributed by atoms with van der Waals surface area (Å²) < 4.78 is 27.6. The fourth-order valence-corrected chi connectivity index (χ4v) is 4.08. The average molecular weight is 436 g/mol. The maximum absolute atomic E-state index is 13.8. The fourth-order valence-electron chi connectivity index (χ4n) is 3.12. The second kappa shape index (κ2) is 9.09. The molecule has 1 amide bonds. The molecular weight excluding hydrogens is 418 g/mol. The summed E-state index contributed by atoms with van der Waals surface area (Å²) >= 11 is 1.63. The van der Waals surface area contributed by atoms with Crippen molar-refractivity contribution in [2.45, 2.75) is 19.8 Å². The smallest absolute Gasteiger partial charge is 0.262 e. The lowest BCUT2D eigenvalue weighted by Gasteiger charge is -2.07. The van der Waals surface area contributed by atoms with E-state index >= 15 is 0 Å². The van der Waals surface area contributed by atoms with E-state index in [1.165, 1.54) is 6.07 Å². The van der Waals surface area contributed by atoms with Gasteiger partial charge in [0.2, 0.25) is 0 Å². The Morgan fingerprint density at radius 2 is 1.84 bits per heavy atom. The summed E-state index contributed by atoms with van der Waals surface area (Å²) in [5, 5.41) is 3.44. The van der Waals surface area contributed by atoms with Gasteiger partial charge in [-0.05, 0) is 49.2 Å². The molecule has 0 aliphatic rings. The normalized spacial score (nSPS) is 10.8. The zero-order valence-corrected chi connectivity index (χ0v) is 17.4. The van der Waals surface area contributed by atoms with Crippen molar-refractivity contribution in [3.8, 4) is 11.3 Å². The maximum atomic E-state index is 13.8. The van der Waals surface area contributed by atoms with Crippen molar-refractivity contribution < 1.29 is 13.6 Å². The maximum Gasteiger partial charge on any atom is 0.262 e. The topological polar surface area (TPSA) is 67.8 Å². The molecule has 1 N–H and O–H groups in total. The minimum absolute atomic E-state index is 0.195. The van der Waals surface area contributed by atoms with Crippen LogP contribution < -0.4 is 5.32 Å². The number of hydrogen-bond donors (Lipinski definition) is 1. The van der Waals surface area contributed by atoms with E-state index in [0.717, 1.165) is 51.7 Å². The van der Waals surface area contributed by atoms with E-state index in [2.05, 4.69) is 15.3 Å². The van der Waals surface area contributed by atoms with Crippen LogP contribution in [0.1, 0.15) is 25.8 Å². The lowest BCUT2D eigenvalue weighted by molar-refractivity contribution is 0.101. The van der Waals surface area contributed by atoms with Crippen molar-refractivity contribution in [1.29, 1.82) is 0 Å². The number of benzene rings is 1. The Morgan fingerprint density at radius 3 is 2.52 bits per heavy atom. The highest BCUT2D eigenvalue weighted by molar-refractivity contribution is 7.12. The molecule has 31 heavy (non-hydrogen) atoms. The van der Waals surface area contributed by atoms with Crippen LogP contribution in [0.15, 0.2) is 61.1 Å². The number of halogens is 2. The minimum Gasteiger partial charge on any atom is -0.306 e. The molecule has 8 heteroatoms. The lowest BCUT2D eigenvalue weighted by Crippen LogP contribution is -2.16. The molecule has 0 saturated carbocycles. The highest BCUT2D eigenvalue weighted by Gasteiger charge is 2.18. The van der Waals surface area contributed by atoms with Crippen LogP contribution >= 0.6 is 11.3 Å². The van der Waals surface area contributed by atoms with Crippen molar-refractivity contribution in [1.82, 2.24) is 15.0 Å². The molecular formula is C23H18F2N4OS. The average Bonchev–Trinajstić information content (AvgIpc) is 3.14. The van der Waals surface area contributed by atoms with Crippen molar-refractivity contribution in [3.63, 3.8) is 0 Å². The van der Waals surface area contributed by atoms with Gasteiger partial charge in [0.05, 0.1) is 10.7 Å². The summed E-state index contributed by atoms with van der Waals surface area (Å²) in [6.07, 6.45) is 6.86. The molecule has 0 atom stereocenters. The predicted molar refractivity (Wildman–Crippen MR) is 116 cm³/mol. The van der Waals surface area contributed by atoms with E-state index in [-0.39, 0.29) is 5.82 Å². The number of hydrogen-bond acceptors (Lipinski definition) is 5. The third-order valence-corrected chi connectivity index (χ3v) is 5.69. The zero-order chi connectivity index (χ0) is 21.8. The Hall–Kier alpha value is -3.52. The number of amides is 1. The van der Waals surface area contributed by atoms with E-state index in [1.54, 1.807) is 35.9 Å². The van der Waals surface area contributed by atoms with Crippen molar-refractivity contribution in [2.75, 3.05) is 5.32 Å². The van der Waals surface area contributed by atoms with Gasteiger partial charge in [-0.15, -0.1) is 11.3 Å². The van der Waals surface area contributed by atoms with Crippen LogP contribution in [-0.2, 0) is 12.8 Å². The molecule has 156 valence electrons. The Bertz CT molecular complexity index is 1190. The number of thiazole rings is 1. The van der Waals surface area contributed by atoms with E-state index in [1.807, 2.05) is 25.3 Å². The highest BCUT2D eigenvalue weighted by Crippen LogP contribution is 2.28.